The lowest BCUT2D eigenvalue weighted by molar-refractivity contribution is -0.836. The zero-order valence-electron chi connectivity index (χ0n) is 10.1. The Morgan fingerprint density at radius 1 is 1.23 bits per heavy atom. The Labute approximate surface area is 93.3 Å². The van der Waals surface area contributed by atoms with Gasteiger partial charge in [0, 0.05) is 17.7 Å². The van der Waals surface area contributed by atoms with Crippen LogP contribution in [0.2, 0.25) is 0 Å². The molecule has 0 radical (unpaired) electrons. The van der Waals surface area contributed by atoms with Crippen LogP contribution in [0.1, 0.15) is 27.2 Å². The van der Waals surface area contributed by atoms with Crippen LogP contribution in [0, 0.1) is 0 Å². The van der Waals surface area contributed by atoms with E-state index in [0.717, 1.165) is 13.0 Å². The maximum atomic E-state index is 5.37. The quantitative estimate of drug-likeness (QED) is 0.740. The van der Waals surface area contributed by atoms with Gasteiger partial charge in [-0.25, -0.2) is 4.31 Å². The lowest BCUT2D eigenvalue weighted by Gasteiger charge is -2.06. The first-order valence-corrected chi connectivity index (χ1v) is 6.41. The molecule has 84 valence electrons. The number of hydrogen-bond acceptors (Lipinski definition) is 2. The molecule has 0 bridgehead atoms. The Bertz CT molecular complexity index is 69.9. The third kappa shape index (κ3) is 45.3. The Kier molecular flexibility index (Phi) is 27.1. The van der Waals surface area contributed by atoms with E-state index in [1.54, 1.807) is 0 Å². The van der Waals surface area contributed by atoms with E-state index in [0.29, 0.717) is 0 Å². The van der Waals surface area contributed by atoms with Crippen LogP contribution in [-0.4, -0.2) is 39.0 Å². The largest absolute Gasteiger partial charge is 0.342 e. The summed E-state index contributed by atoms with van der Waals surface area (Å²) in [6.45, 7) is 7.19. The molecule has 0 aliphatic carbocycles. The monoisotopic (exact) mass is 229 g/mol. The van der Waals surface area contributed by atoms with Crippen molar-refractivity contribution in [2.75, 3.05) is 34.7 Å². The summed E-state index contributed by atoms with van der Waals surface area (Å²) in [6, 6.07) is 0. The van der Waals surface area contributed by atoms with Gasteiger partial charge in [-0.1, -0.05) is 20.8 Å². The minimum atomic E-state index is 1.06. The van der Waals surface area contributed by atoms with Crippen molar-refractivity contribution in [2.45, 2.75) is 27.2 Å². The van der Waals surface area contributed by atoms with E-state index in [-0.39, 0.29) is 0 Å². The highest BCUT2D eigenvalue weighted by molar-refractivity contribution is 8.19. The average molecular weight is 230 g/mol. The van der Waals surface area contributed by atoms with Gasteiger partial charge in [0.05, 0.1) is 21.1 Å². The number of nitrogens with zero attached hydrogens (tertiary/aromatic N) is 1. The molecule has 0 fully saturated rings. The highest BCUT2D eigenvalue weighted by Gasteiger charge is 1.89. The van der Waals surface area contributed by atoms with Crippen molar-refractivity contribution >= 4 is 21.8 Å². The fourth-order valence-corrected chi connectivity index (χ4v) is 0.808. The molecule has 0 saturated carbocycles. The second-order valence-electron chi connectivity index (χ2n) is 2.92. The fraction of sp³-hybridized carbons (Fsp3) is 1.00. The highest BCUT2D eigenvalue weighted by Crippen LogP contribution is 2.10. The lowest BCUT2D eigenvalue weighted by Crippen LogP contribution is -3.02. The van der Waals surface area contributed by atoms with E-state index >= 15 is 0 Å². The van der Waals surface area contributed by atoms with Gasteiger partial charge >= 0.3 is 0 Å². The third-order valence-corrected chi connectivity index (χ3v) is 1.78. The Morgan fingerprint density at radius 2 is 1.54 bits per heavy atom. The molecule has 0 aliphatic rings. The Balaban J connectivity index is -0.000000142. The number of rotatable bonds is 3. The summed E-state index contributed by atoms with van der Waals surface area (Å²) in [6.07, 6.45) is 1.16. The van der Waals surface area contributed by atoms with Gasteiger partial charge in [-0.2, -0.15) is 0 Å². The lowest BCUT2D eigenvalue weighted by atomic mass is 10.5. The van der Waals surface area contributed by atoms with Gasteiger partial charge < -0.3 is 4.90 Å². The van der Waals surface area contributed by atoms with Crippen molar-refractivity contribution < 1.29 is 4.90 Å². The van der Waals surface area contributed by atoms with Crippen molar-refractivity contribution in [3.05, 3.63) is 0 Å². The number of halogens is 1. The summed E-state index contributed by atoms with van der Waals surface area (Å²) in [5.41, 5.74) is 0. The molecule has 2 nitrogen and oxygen atoms in total. The number of nitrogens with one attached hydrogen (secondary N) is 1. The van der Waals surface area contributed by atoms with Gasteiger partial charge in [-0.05, 0) is 24.2 Å². The van der Waals surface area contributed by atoms with E-state index in [1.165, 1.54) is 16.1 Å². The van der Waals surface area contributed by atoms with E-state index in [1.807, 2.05) is 25.2 Å². The zero-order chi connectivity index (χ0) is 11.3. The van der Waals surface area contributed by atoms with Crippen LogP contribution >= 0.6 is 21.8 Å². The Hall–Kier alpha value is 0.560. The molecule has 0 aromatic carbocycles. The summed E-state index contributed by atoms with van der Waals surface area (Å²) < 4.78 is 1.99. The maximum Gasteiger partial charge on any atom is 0.0661 e. The minimum absolute atomic E-state index is 1.06. The van der Waals surface area contributed by atoms with E-state index in [4.69, 9.17) is 10.7 Å². The van der Waals surface area contributed by atoms with Crippen molar-refractivity contribution in [1.29, 1.82) is 0 Å². The molecule has 0 aliphatic heterocycles. The summed E-state index contributed by atoms with van der Waals surface area (Å²) in [5.74, 6) is 0. The second kappa shape index (κ2) is 18.4. The van der Waals surface area contributed by atoms with Crippen molar-refractivity contribution in [3.63, 3.8) is 0 Å². The first-order chi connectivity index (χ1) is 6.04. The van der Waals surface area contributed by atoms with Gasteiger partial charge in [0.25, 0.3) is 0 Å². The first-order valence-electron chi connectivity index (χ1n) is 4.81. The van der Waals surface area contributed by atoms with Crippen LogP contribution < -0.4 is 4.90 Å². The molecule has 13 heavy (non-hydrogen) atoms. The maximum absolute atomic E-state index is 5.37. The standard InChI is InChI=1S/C4H10ClNS.C3H9N.C2H6/c1-3-4-6(2)7-5;1-4(2)3;1-2/h3-4H2,1-2H3;1-3H3;1-2H3/p+1. The SMILES string of the molecule is CC.CCCN(C)SCl.C[NH+](C)C. The second-order valence-corrected chi connectivity index (χ2v) is 4.10. The number of hydrogen-bond donors (Lipinski definition) is 1. The van der Waals surface area contributed by atoms with Crippen molar-refractivity contribution in [3.8, 4) is 0 Å². The van der Waals surface area contributed by atoms with Gasteiger partial charge in [-0.3, -0.25) is 0 Å². The fourth-order valence-electron chi connectivity index (χ4n) is 0.349. The average Bonchev–Trinajstić information content (AvgIpc) is 2.07. The van der Waals surface area contributed by atoms with E-state index < -0.39 is 0 Å². The molecule has 0 heterocycles. The molecule has 0 aromatic rings. The van der Waals surface area contributed by atoms with E-state index in [2.05, 4.69) is 28.1 Å². The number of quaternary nitrogens is 1. The summed E-state index contributed by atoms with van der Waals surface area (Å²) in [7, 11) is 13.6. The summed E-state index contributed by atoms with van der Waals surface area (Å²) in [4.78, 5) is 1.42. The molecule has 0 rings (SSSR count). The van der Waals surface area contributed by atoms with Gasteiger partial charge in [-0.15, -0.1) is 0 Å². The van der Waals surface area contributed by atoms with Crippen LogP contribution in [0.25, 0.3) is 0 Å². The smallest absolute Gasteiger partial charge is 0.0661 e. The van der Waals surface area contributed by atoms with Crippen LogP contribution in [-0.2, 0) is 0 Å². The predicted molar refractivity (Wildman–Crippen MR) is 66.4 cm³/mol. The van der Waals surface area contributed by atoms with Crippen LogP contribution in [0.15, 0.2) is 0 Å². The van der Waals surface area contributed by atoms with Crippen molar-refractivity contribution in [2.24, 2.45) is 0 Å². The normalized spacial score (nSPS) is 8.77. The third-order valence-electron chi connectivity index (χ3n) is 0.656. The predicted octanol–water partition coefficient (Wildman–Crippen LogP) is 1.92. The van der Waals surface area contributed by atoms with Gasteiger partial charge in [0.2, 0.25) is 0 Å². The zero-order valence-corrected chi connectivity index (χ0v) is 11.7. The van der Waals surface area contributed by atoms with Crippen LogP contribution in [0.3, 0.4) is 0 Å². The molecule has 0 unspecified atom stereocenters. The molecule has 0 aromatic heterocycles. The minimum Gasteiger partial charge on any atom is -0.342 e. The molecular weight excluding hydrogens is 204 g/mol. The molecule has 0 atom stereocenters. The van der Waals surface area contributed by atoms with E-state index in [9.17, 15) is 0 Å². The first kappa shape index (κ1) is 19.2. The molecule has 4 heteroatoms. The Morgan fingerprint density at radius 3 is 1.62 bits per heavy atom. The van der Waals surface area contributed by atoms with Crippen LogP contribution in [0.4, 0.5) is 0 Å². The highest BCUT2D eigenvalue weighted by atomic mass is 35.7. The topological polar surface area (TPSA) is 7.68 Å². The molecule has 0 spiro atoms. The molecule has 0 amide bonds. The summed E-state index contributed by atoms with van der Waals surface area (Å²) >= 11 is 1.25. The van der Waals surface area contributed by atoms with Gasteiger partial charge in [0.1, 0.15) is 0 Å². The summed E-state index contributed by atoms with van der Waals surface area (Å²) in [5, 5.41) is 0. The van der Waals surface area contributed by atoms with Crippen LogP contribution in [0.5, 0.6) is 0 Å². The van der Waals surface area contributed by atoms with Gasteiger partial charge in [0.15, 0.2) is 0 Å². The molecule has 0 saturated heterocycles. The molecule has 1 N–H and O–H groups in total. The molecular formula is C9H26ClN2S+. The van der Waals surface area contributed by atoms with Crippen molar-refractivity contribution in [1.82, 2.24) is 4.31 Å².